The average Bonchev–Trinajstić information content (AvgIpc) is 3.27. The molecular formula is C30H42N6O4. The number of ether oxygens (including phenoxy) is 2. The van der Waals surface area contributed by atoms with Crippen molar-refractivity contribution in [3.8, 4) is 0 Å². The largest absolute Gasteiger partial charge is 0.447 e. The first kappa shape index (κ1) is 28.1. The zero-order valence-corrected chi connectivity index (χ0v) is 24.5. The van der Waals surface area contributed by atoms with Gasteiger partial charge in [-0.1, -0.05) is 38.1 Å². The molecule has 10 heteroatoms. The van der Waals surface area contributed by atoms with Gasteiger partial charge in [0.05, 0.1) is 18.1 Å². The van der Waals surface area contributed by atoms with Gasteiger partial charge in [0.2, 0.25) is 5.95 Å². The Labute approximate surface area is 237 Å². The average molecular weight is 551 g/mol. The van der Waals surface area contributed by atoms with Gasteiger partial charge < -0.3 is 19.7 Å². The fourth-order valence-corrected chi connectivity index (χ4v) is 5.73. The lowest BCUT2D eigenvalue weighted by Gasteiger charge is -2.53. The molecule has 3 fully saturated rings. The summed E-state index contributed by atoms with van der Waals surface area (Å²) in [5.74, 6) is 1.83. The molecule has 0 aliphatic carbocycles. The van der Waals surface area contributed by atoms with Crippen LogP contribution in [0.25, 0.3) is 0 Å². The summed E-state index contributed by atoms with van der Waals surface area (Å²) >= 11 is 0. The van der Waals surface area contributed by atoms with E-state index in [1.54, 1.807) is 17.2 Å². The van der Waals surface area contributed by atoms with E-state index in [0.29, 0.717) is 24.3 Å². The maximum absolute atomic E-state index is 12.6. The van der Waals surface area contributed by atoms with Crippen LogP contribution in [0.1, 0.15) is 65.1 Å². The zero-order valence-electron chi connectivity index (χ0n) is 24.5. The van der Waals surface area contributed by atoms with Crippen LogP contribution in [0.3, 0.4) is 0 Å². The van der Waals surface area contributed by atoms with Crippen LogP contribution in [0.5, 0.6) is 0 Å². The molecule has 1 aromatic heterocycles. The van der Waals surface area contributed by atoms with E-state index in [-0.39, 0.29) is 36.2 Å². The van der Waals surface area contributed by atoms with Gasteiger partial charge in [0.15, 0.2) is 0 Å². The second-order valence-electron chi connectivity index (χ2n) is 12.6. The minimum Gasteiger partial charge on any atom is -0.447 e. The molecule has 3 aliphatic heterocycles. The van der Waals surface area contributed by atoms with Gasteiger partial charge in [-0.25, -0.2) is 14.6 Å². The van der Waals surface area contributed by atoms with Crippen LogP contribution in [0.2, 0.25) is 0 Å². The Bertz CT molecular complexity index is 1210. The number of hydrogen-bond donors (Lipinski definition) is 1. The minimum atomic E-state index is -0.474. The number of benzene rings is 1. The molecule has 2 amide bonds. The summed E-state index contributed by atoms with van der Waals surface area (Å²) in [6.07, 6.45) is 2.20. The zero-order chi connectivity index (χ0) is 28.6. The van der Waals surface area contributed by atoms with Crippen molar-refractivity contribution in [2.75, 3.05) is 36.5 Å². The Hall–Kier alpha value is -3.40. The maximum atomic E-state index is 12.6. The van der Waals surface area contributed by atoms with E-state index in [0.717, 1.165) is 38.2 Å². The molecule has 2 unspecified atom stereocenters. The Morgan fingerprint density at radius 3 is 2.60 bits per heavy atom. The first-order valence-corrected chi connectivity index (χ1v) is 14.3. The molecule has 0 saturated carbocycles. The topological polar surface area (TPSA) is 100 Å². The van der Waals surface area contributed by atoms with Crippen LogP contribution in [0.4, 0.5) is 21.4 Å². The number of hydrogen-bond acceptors (Lipinski definition) is 8. The predicted molar refractivity (Wildman–Crippen MR) is 153 cm³/mol. The number of rotatable bonds is 7. The fourth-order valence-electron chi connectivity index (χ4n) is 5.73. The number of piperidine rings is 1. The number of fused-ring (bicyclic) bond motifs is 1. The van der Waals surface area contributed by atoms with E-state index in [9.17, 15) is 9.59 Å². The number of amides is 2. The number of likely N-dealkylation sites (tertiary alicyclic amines) is 2. The minimum absolute atomic E-state index is 0.0242. The number of carbonyl (C=O) groups excluding carboxylic acids is 2. The summed E-state index contributed by atoms with van der Waals surface area (Å²) in [7, 11) is 0. The summed E-state index contributed by atoms with van der Waals surface area (Å²) < 4.78 is 10.9. The number of cyclic esters (lactones) is 1. The Balaban J connectivity index is 1.16. The second-order valence-corrected chi connectivity index (χ2v) is 12.6. The lowest BCUT2D eigenvalue weighted by atomic mass is 9.82. The van der Waals surface area contributed by atoms with Crippen LogP contribution in [0, 0.1) is 11.8 Å². The summed E-state index contributed by atoms with van der Waals surface area (Å²) in [6, 6.07) is 10.5. The monoisotopic (exact) mass is 550 g/mol. The van der Waals surface area contributed by atoms with E-state index in [1.165, 1.54) is 5.56 Å². The number of aromatic nitrogens is 2. The second kappa shape index (κ2) is 11.2. The van der Waals surface area contributed by atoms with Crippen molar-refractivity contribution < 1.29 is 19.1 Å². The van der Waals surface area contributed by atoms with Crippen molar-refractivity contribution in [1.29, 1.82) is 0 Å². The Morgan fingerprint density at radius 1 is 1.15 bits per heavy atom. The van der Waals surface area contributed by atoms with Crippen molar-refractivity contribution in [3.05, 3.63) is 47.7 Å². The molecule has 0 bridgehead atoms. The summed E-state index contributed by atoms with van der Waals surface area (Å²) in [6.45, 7) is 15.9. The van der Waals surface area contributed by atoms with Crippen molar-refractivity contribution in [2.24, 2.45) is 11.8 Å². The first-order valence-electron chi connectivity index (χ1n) is 14.3. The van der Waals surface area contributed by atoms with Gasteiger partial charge in [0.1, 0.15) is 18.0 Å². The summed E-state index contributed by atoms with van der Waals surface area (Å²) in [5, 5.41) is 3.37. The fraction of sp³-hybridized carbons (Fsp3) is 0.600. The summed E-state index contributed by atoms with van der Waals surface area (Å²) in [5.41, 5.74) is 1.88. The molecule has 2 aromatic rings. The molecule has 0 radical (unpaired) electrons. The maximum Gasteiger partial charge on any atom is 0.415 e. The van der Waals surface area contributed by atoms with Crippen molar-refractivity contribution >= 4 is 24.0 Å². The SMILES string of the molecule is CC(C)[C@H]1COC(=O)N1c1ccnc(N[C@@H](C)c2ccc(CN3CCC4CN(C(=O)OC(C)(C)C)C4C3)cc2)n1. The van der Waals surface area contributed by atoms with Crippen LogP contribution < -0.4 is 10.2 Å². The normalized spacial score (nSPS) is 23.9. The van der Waals surface area contributed by atoms with E-state index in [4.69, 9.17) is 9.47 Å². The van der Waals surface area contributed by atoms with Gasteiger partial charge in [-0.3, -0.25) is 9.80 Å². The van der Waals surface area contributed by atoms with Gasteiger partial charge in [0, 0.05) is 25.8 Å². The highest BCUT2D eigenvalue weighted by atomic mass is 16.6. The molecule has 1 N–H and O–H groups in total. The standard InChI is InChI=1S/C30H42N6O4/c1-19(2)25-18-39-29(38)36(25)26-11-13-31-27(33-26)32-20(3)22-9-7-21(8-10-22)15-34-14-12-23-16-35(24(23)17-34)28(37)40-30(4,5)6/h7-11,13,19-20,23-25H,12,14-18H2,1-6H3,(H,31,32,33)/t20-,23?,24?,25+/m0/s1. The van der Waals surface area contributed by atoms with Crippen LogP contribution in [-0.2, 0) is 16.0 Å². The highest BCUT2D eigenvalue weighted by molar-refractivity contribution is 5.89. The molecule has 3 aliphatic rings. The lowest BCUT2D eigenvalue weighted by molar-refractivity contribution is -0.0601. The van der Waals surface area contributed by atoms with Crippen LogP contribution in [-0.4, -0.2) is 75.9 Å². The van der Waals surface area contributed by atoms with Crippen LogP contribution in [0.15, 0.2) is 36.5 Å². The molecule has 4 heterocycles. The molecule has 3 saturated heterocycles. The molecule has 216 valence electrons. The number of nitrogens with zero attached hydrogens (tertiary/aromatic N) is 5. The molecule has 1 aromatic carbocycles. The number of carbonyl (C=O) groups is 2. The van der Waals surface area contributed by atoms with Gasteiger partial charge in [-0.15, -0.1) is 0 Å². The Kier molecular flexibility index (Phi) is 7.90. The van der Waals surface area contributed by atoms with Crippen molar-refractivity contribution in [3.63, 3.8) is 0 Å². The predicted octanol–water partition coefficient (Wildman–Crippen LogP) is 5.07. The van der Waals surface area contributed by atoms with Gasteiger partial charge in [0.25, 0.3) is 0 Å². The smallest absolute Gasteiger partial charge is 0.415 e. The molecule has 5 rings (SSSR count). The van der Waals surface area contributed by atoms with Gasteiger partial charge in [-0.05, 0) is 69.7 Å². The third-order valence-electron chi connectivity index (χ3n) is 8.06. The summed E-state index contributed by atoms with van der Waals surface area (Å²) in [4.78, 5) is 39.9. The number of nitrogens with one attached hydrogen (secondary N) is 1. The molecule has 0 spiro atoms. The van der Waals surface area contributed by atoms with E-state index < -0.39 is 5.60 Å². The molecular weight excluding hydrogens is 508 g/mol. The van der Waals surface area contributed by atoms with E-state index in [1.807, 2.05) is 25.7 Å². The third kappa shape index (κ3) is 6.16. The van der Waals surface area contributed by atoms with E-state index >= 15 is 0 Å². The first-order chi connectivity index (χ1) is 19.0. The lowest BCUT2D eigenvalue weighted by Crippen LogP contribution is -2.66. The van der Waals surface area contributed by atoms with E-state index in [2.05, 4.69) is 65.2 Å². The number of anilines is 2. The highest BCUT2D eigenvalue weighted by Crippen LogP contribution is 2.34. The molecule has 10 nitrogen and oxygen atoms in total. The van der Waals surface area contributed by atoms with Gasteiger partial charge in [-0.2, -0.15) is 4.98 Å². The molecule has 40 heavy (non-hydrogen) atoms. The van der Waals surface area contributed by atoms with Gasteiger partial charge >= 0.3 is 12.2 Å². The third-order valence-corrected chi connectivity index (χ3v) is 8.06. The van der Waals surface area contributed by atoms with Crippen LogP contribution >= 0.6 is 0 Å². The Morgan fingerprint density at radius 2 is 1.90 bits per heavy atom. The molecule has 4 atom stereocenters. The quantitative estimate of drug-likeness (QED) is 0.510. The van der Waals surface area contributed by atoms with Crippen molar-refractivity contribution in [2.45, 2.75) is 78.2 Å². The van der Waals surface area contributed by atoms with Crippen molar-refractivity contribution in [1.82, 2.24) is 19.8 Å². The highest BCUT2D eigenvalue weighted by Gasteiger charge is 2.46.